The van der Waals surface area contributed by atoms with Crippen molar-refractivity contribution in [2.75, 3.05) is 0 Å². The minimum absolute atomic E-state index is 0.0931. The summed E-state index contributed by atoms with van der Waals surface area (Å²) in [7, 11) is 0. The zero-order valence-electron chi connectivity index (χ0n) is 8.24. The van der Waals surface area contributed by atoms with Gasteiger partial charge in [0.1, 0.15) is 11.8 Å². The van der Waals surface area contributed by atoms with Gasteiger partial charge in [0.25, 0.3) is 6.43 Å². The minimum Gasteiger partial charge on any atom is -0.326 e. The molecule has 0 atom stereocenters. The van der Waals surface area contributed by atoms with Crippen molar-refractivity contribution < 1.29 is 8.78 Å². The van der Waals surface area contributed by atoms with Crippen molar-refractivity contribution >= 4 is 0 Å². The van der Waals surface area contributed by atoms with Gasteiger partial charge in [-0.1, -0.05) is 0 Å². The maximum atomic E-state index is 12.6. The fourth-order valence-corrected chi connectivity index (χ4v) is 1.40. The van der Waals surface area contributed by atoms with Crippen LogP contribution < -0.4 is 5.73 Å². The third-order valence-electron chi connectivity index (χ3n) is 2.12. The van der Waals surface area contributed by atoms with Gasteiger partial charge in [0, 0.05) is 12.7 Å². The van der Waals surface area contributed by atoms with Gasteiger partial charge in [-0.25, -0.2) is 8.78 Å². The number of halogens is 2. The molecule has 0 bridgehead atoms. The van der Waals surface area contributed by atoms with E-state index in [1.54, 1.807) is 0 Å². The van der Waals surface area contributed by atoms with Gasteiger partial charge in [-0.2, -0.15) is 10.5 Å². The van der Waals surface area contributed by atoms with Crippen molar-refractivity contribution in [2.45, 2.75) is 19.4 Å². The van der Waals surface area contributed by atoms with E-state index in [0.717, 1.165) is 6.20 Å². The molecule has 0 saturated carbocycles. The van der Waals surface area contributed by atoms with Crippen LogP contribution in [0.3, 0.4) is 0 Å². The molecule has 16 heavy (non-hydrogen) atoms. The van der Waals surface area contributed by atoms with Crippen LogP contribution in [0.15, 0.2) is 6.20 Å². The van der Waals surface area contributed by atoms with E-state index in [2.05, 4.69) is 4.98 Å². The third kappa shape index (κ3) is 2.13. The lowest BCUT2D eigenvalue weighted by molar-refractivity contribution is 0.144. The van der Waals surface area contributed by atoms with E-state index in [1.807, 2.05) is 12.1 Å². The first kappa shape index (κ1) is 12.0. The molecule has 0 spiro atoms. The average molecular weight is 222 g/mol. The highest BCUT2D eigenvalue weighted by Crippen LogP contribution is 2.25. The Labute approximate surface area is 90.9 Å². The third-order valence-corrected chi connectivity index (χ3v) is 2.12. The van der Waals surface area contributed by atoms with Crippen LogP contribution in [-0.2, 0) is 13.0 Å². The van der Waals surface area contributed by atoms with Gasteiger partial charge in [0.05, 0.1) is 18.1 Å². The molecule has 6 heteroatoms. The summed E-state index contributed by atoms with van der Waals surface area (Å²) in [5, 5.41) is 17.3. The lowest BCUT2D eigenvalue weighted by Crippen LogP contribution is -2.10. The second-order valence-corrected chi connectivity index (χ2v) is 2.97. The van der Waals surface area contributed by atoms with Crippen molar-refractivity contribution in [2.24, 2.45) is 5.73 Å². The topological polar surface area (TPSA) is 86.5 Å². The van der Waals surface area contributed by atoms with E-state index in [0.29, 0.717) is 0 Å². The van der Waals surface area contributed by atoms with Gasteiger partial charge in [0.2, 0.25) is 0 Å². The quantitative estimate of drug-likeness (QED) is 0.837. The molecule has 1 aromatic rings. The first-order valence-electron chi connectivity index (χ1n) is 4.41. The Morgan fingerprint density at radius 3 is 2.50 bits per heavy atom. The van der Waals surface area contributed by atoms with Gasteiger partial charge < -0.3 is 5.73 Å². The summed E-state index contributed by atoms with van der Waals surface area (Å²) >= 11 is 0. The molecule has 0 aliphatic carbocycles. The molecule has 0 aromatic carbocycles. The van der Waals surface area contributed by atoms with E-state index in [1.165, 1.54) is 0 Å². The number of nitrogens with two attached hydrogens (primary N) is 1. The summed E-state index contributed by atoms with van der Waals surface area (Å²) in [6.45, 7) is -0.167. The summed E-state index contributed by atoms with van der Waals surface area (Å²) in [6.07, 6.45) is -1.84. The molecular formula is C10H8F2N4. The lowest BCUT2D eigenvalue weighted by Gasteiger charge is -2.11. The highest BCUT2D eigenvalue weighted by Gasteiger charge is 2.19. The van der Waals surface area contributed by atoms with E-state index in [9.17, 15) is 8.78 Å². The number of nitrogens with zero attached hydrogens (tertiary/aromatic N) is 3. The number of nitriles is 2. The molecular weight excluding hydrogens is 214 g/mol. The fraction of sp³-hybridized carbons (Fsp3) is 0.300. The molecule has 82 valence electrons. The van der Waals surface area contributed by atoms with Gasteiger partial charge >= 0.3 is 0 Å². The standard InChI is InChI=1S/C10H8F2N4/c11-10(12)9-8(4-15)7(1-2-13)6(3-14)5-16-9/h5,10H,1,4,15H2. The van der Waals surface area contributed by atoms with E-state index in [-0.39, 0.29) is 29.7 Å². The first-order valence-corrected chi connectivity index (χ1v) is 4.41. The van der Waals surface area contributed by atoms with Crippen LogP contribution in [0.5, 0.6) is 0 Å². The van der Waals surface area contributed by atoms with Crippen LogP contribution in [0.4, 0.5) is 8.78 Å². The number of hydrogen-bond acceptors (Lipinski definition) is 4. The normalized spacial score (nSPS) is 9.88. The minimum atomic E-state index is -2.76. The summed E-state index contributed by atoms with van der Waals surface area (Å²) in [5.41, 5.74) is 5.36. The molecule has 0 radical (unpaired) electrons. The summed E-state index contributed by atoms with van der Waals surface area (Å²) in [6, 6.07) is 3.63. The van der Waals surface area contributed by atoms with Gasteiger partial charge in [-0.05, 0) is 11.1 Å². The first-order chi connectivity index (χ1) is 7.65. The number of alkyl halides is 2. The molecule has 0 aliphatic heterocycles. The highest BCUT2D eigenvalue weighted by atomic mass is 19.3. The fourth-order valence-electron chi connectivity index (χ4n) is 1.40. The van der Waals surface area contributed by atoms with Crippen molar-refractivity contribution in [3.05, 3.63) is 28.6 Å². The summed E-state index contributed by atoms with van der Waals surface area (Å²) in [4.78, 5) is 3.50. The van der Waals surface area contributed by atoms with Gasteiger partial charge in [-0.15, -0.1) is 0 Å². The maximum Gasteiger partial charge on any atom is 0.280 e. The molecule has 0 fully saturated rings. The van der Waals surface area contributed by atoms with Crippen LogP contribution in [0.2, 0.25) is 0 Å². The van der Waals surface area contributed by atoms with Crippen LogP contribution in [-0.4, -0.2) is 4.98 Å². The smallest absolute Gasteiger partial charge is 0.280 e. The molecule has 4 nitrogen and oxygen atoms in total. The molecule has 1 rings (SSSR count). The van der Waals surface area contributed by atoms with Crippen LogP contribution in [0, 0.1) is 22.7 Å². The van der Waals surface area contributed by atoms with Crippen LogP contribution in [0.1, 0.15) is 28.8 Å². The Kier molecular flexibility index (Phi) is 3.87. The molecule has 0 amide bonds. The monoisotopic (exact) mass is 222 g/mol. The molecule has 0 saturated heterocycles. The summed E-state index contributed by atoms with van der Waals surface area (Å²) in [5.74, 6) is 0. The second-order valence-electron chi connectivity index (χ2n) is 2.97. The Bertz CT molecular complexity index is 471. The van der Waals surface area contributed by atoms with Crippen molar-refractivity contribution in [1.82, 2.24) is 4.98 Å². The van der Waals surface area contributed by atoms with Gasteiger partial charge in [0.15, 0.2) is 0 Å². The number of pyridine rings is 1. The molecule has 1 heterocycles. The predicted octanol–water partition coefficient (Wildman–Crippen LogP) is 1.42. The Hall–Kier alpha value is -2.05. The Morgan fingerprint density at radius 1 is 1.38 bits per heavy atom. The van der Waals surface area contributed by atoms with Crippen LogP contribution in [0.25, 0.3) is 0 Å². The molecule has 2 N–H and O–H groups in total. The lowest BCUT2D eigenvalue weighted by atomic mass is 9.99. The average Bonchev–Trinajstić information content (AvgIpc) is 2.28. The van der Waals surface area contributed by atoms with Gasteiger partial charge in [-0.3, -0.25) is 4.98 Å². The number of rotatable bonds is 3. The zero-order valence-corrected chi connectivity index (χ0v) is 8.24. The summed E-state index contributed by atoms with van der Waals surface area (Å²) < 4.78 is 25.2. The second kappa shape index (κ2) is 5.15. The van der Waals surface area contributed by atoms with E-state index in [4.69, 9.17) is 16.3 Å². The van der Waals surface area contributed by atoms with Crippen molar-refractivity contribution in [3.8, 4) is 12.1 Å². The zero-order chi connectivity index (χ0) is 12.1. The SMILES string of the molecule is N#CCc1c(C#N)cnc(C(F)F)c1CN. The molecule has 1 aromatic heterocycles. The Morgan fingerprint density at radius 2 is 2.06 bits per heavy atom. The number of aromatic nitrogens is 1. The highest BCUT2D eigenvalue weighted by molar-refractivity contribution is 5.45. The van der Waals surface area contributed by atoms with Crippen LogP contribution >= 0.6 is 0 Å². The van der Waals surface area contributed by atoms with E-state index >= 15 is 0 Å². The van der Waals surface area contributed by atoms with Crippen molar-refractivity contribution in [3.63, 3.8) is 0 Å². The number of hydrogen-bond donors (Lipinski definition) is 1. The molecule has 0 aliphatic rings. The van der Waals surface area contributed by atoms with Crippen molar-refractivity contribution in [1.29, 1.82) is 10.5 Å². The Balaban J connectivity index is 3.45. The predicted molar refractivity (Wildman–Crippen MR) is 51.1 cm³/mol. The largest absolute Gasteiger partial charge is 0.326 e. The molecule has 0 unspecified atom stereocenters. The van der Waals surface area contributed by atoms with E-state index < -0.39 is 12.1 Å². The maximum absolute atomic E-state index is 12.6.